The monoisotopic (exact) mass is 611 g/mol. The summed E-state index contributed by atoms with van der Waals surface area (Å²) in [6.45, 7) is 6.45. The van der Waals surface area contributed by atoms with Gasteiger partial charge in [0.15, 0.2) is 0 Å². The van der Waals surface area contributed by atoms with Crippen molar-refractivity contribution in [1.82, 2.24) is 9.88 Å². The van der Waals surface area contributed by atoms with Crippen LogP contribution in [0.2, 0.25) is 0 Å². The maximum Gasteiger partial charge on any atom is 0.303 e. The van der Waals surface area contributed by atoms with Crippen molar-refractivity contribution in [2.75, 3.05) is 6.54 Å². The molecule has 0 aromatic carbocycles. The van der Waals surface area contributed by atoms with Crippen molar-refractivity contribution in [2.45, 2.75) is 85.0 Å². The van der Waals surface area contributed by atoms with Crippen LogP contribution < -0.4 is 5.32 Å². The Balaban J connectivity index is 1.46. The minimum atomic E-state index is -0.889. The van der Waals surface area contributed by atoms with Gasteiger partial charge in [-0.1, -0.05) is 13.8 Å². The van der Waals surface area contributed by atoms with Crippen LogP contribution >= 0.6 is 0 Å². The second kappa shape index (κ2) is 12.1. The minimum Gasteiger partial charge on any atom is -0.481 e. The van der Waals surface area contributed by atoms with Crippen LogP contribution in [0.4, 0.5) is 0 Å². The van der Waals surface area contributed by atoms with Gasteiger partial charge >= 0.3 is 11.9 Å². The zero-order valence-corrected chi connectivity index (χ0v) is 26.0. The molecule has 5 aliphatic rings. The molecule has 10 heteroatoms. The molecule has 0 spiro atoms. The maximum atomic E-state index is 13.1. The van der Waals surface area contributed by atoms with Crippen LogP contribution in [0.25, 0.3) is 12.2 Å². The smallest absolute Gasteiger partial charge is 0.303 e. The first-order valence-electron chi connectivity index (χ1n) is 15.9. The topological polar surface area (TPSA) is 157 Å². The fraction of sp³-hybridized carbons (Fsp3) is 0.400. The standard InChI is InChI=1S/C35H38N4O6/c1-4-19-18(3)31-17-30-25(13-14-39(31)35(19)45)24(10-12-33(42)43)28(37-30)15-27-23(9-11-32(40)41)22-8-6-7-21-20(5-2)34(44)38-29(21)16-26(22)36-27/h15-17,36-37H,4-14H2,1-3H3,(H,40,41)(H,42,43)/p+1. The van der Waals surface area contributed by atoms with Crippen LogP contribution in [0.5, 0.6) is 0 Å². The first kappa shape index (κ1) is 30.5. The Morgan fingerprint density at radius 1 is 0.978 bits per heavy atom. The second-order valence-electron chi connectivity index (χ2n) is 12.2. The lowest BCUT2D eigenvalue weighted by Crippen LogP contribution is -2.78. The summed E-state index contributed by atoms with van der Waals surface area (Å²) in [6, 6.07) is 0. The van der Waals surface area contributed by atoms with Crippen molar-refractivity contribution in [3.8, 4) is 0 Å². The number of carboxylic acids is 2. The highest BCUT2D eigenvalue weighted by atomic mass is 16.4. The van der Waals surface area contributed by atoms with Gasteiger partial charge in [0, 0.05) is 70.9 Å². The summed E-state index contributed by atoms with van der Waals surface area (Å²) in [5, 5.41) is 21.2. The number of aromatic nitrogens is 1. The van der Waals surface area contributed by atoms with Crippen molar-refractivity contribution >= 4 is 41.6 Å². The highest BCUT2D eigenvalue weighted by Gasteiger charge is 2.36. The third-order valence-electron chi connectivity index (χ3n) is 9.64. The summed E-state index contributed by atoms with van der Waals surface area (Å²) in [4.78, 5) is 58.8. The number of hydrogen-bond acceptors (Lipinski definition) is 4. The van der Waals surface area contributed by atoms with Crippen molar-refractivity contribution in [3.05, 3.63) is 79.1 Å². The number of H-pyrrole nitrogens is 1. The molecule has 10 nitrogen and oxygen atoms in total. The predicted molar refractivity (Wildman–Crippen MR) is 169 cm³/mol. The van der Waals surface area contributed by atoms with E-state index in [1.54, 1.807) is 0 Å². The summed E-state index contributed by atoms with van der Waals surface area (Å²) in [6.07, 6.45) is 10.8. The number of carbonyl (C=O) groups is 4. The Hall–Kier alpha value is -4.57. The lowest BCUT2D eigenvalue weighted by Gasteiger charge is -2.17. The van der Waals surface area contributed by atoms with E-state index in [-0.39, 0.29) is 24.7 Å². The highest BCUT2D eigenvalue weighted by molar-refractivity contribution is 6.23. The van der Waals surface area contributed by atoms with Gasteiger partial charge in [-0.05, 0) is 86.6 Å². The first-order valence-corrected chi connectivity index (χ1v) is 15.9. The number of carbonyl (C=O) groups excluding carboxylic acids is 2. The largest absolute Gasteiger partial charge is 0.481 e. The lowest BCUT2D eigenvalue weighted by molar-refractivity contribution is -0.539. The number of fused-ring (bicyclic) bond motifs is 4. The number of carboxylic acid groups (broad SMARTS) is 2. The van der Waals surface area contributed by atoms with E-state index in [1.807, 2.05) is 43.9 Å². The van der Waals surface area contributed by atoms with Gasteiger partial charge in [-0.25, -0.2) is 4.99 Å². The van der Waals surface area contributed by atoms with Gasteiger partial charge in [0.1, 0.15) is 11.4 Å². The first-order chi connectivity index (χ1) is 21.6. The minimum absolute atomic E-state index is 0.0176. The Morgan fingerprint density at radius 3 is 2.40 bits per heavy atom. The number of allylic oxidation sites excluding steroid dienone is 5. The van der Waals surface area contributed by atoms with E-state index in [0.717, 1.165) is 92.3 Å². The molecule has 0 saturated heterocycles. The molecular weight excluding hydrogens is 572 g/mol. The highest BCUT2D eigenvalue weighted by Crippen LogP contribution is 2.39. The maximum absolute atomic E-state index is 13.1. The van der Waals surface area contributed by atoms with E-state index < -0.39 is 11.9 Å². The number of quaternary nitrogens is 1. The number of rotatable bonds is 9. The van der Waals surface area contributed by atoms with Gasteiger partial charge in [-0.2, -0.15) is 0 Å². The number of aliphatic imine (C=N–C) groups is 1. The second-order valence-corrected chi connectivity index (χ2v) is 12.2. The number of nitrogens with one attached hydrogen (secondary N) is 1. The molecule has 0 unspecified atom stereocenters. The van der Waals surface area contributed by atoms with Crippen LogP contribution in [0, 0.1) is 0 Å². The van der Waals surface area contributed by atoms with Crippen LogP contribution in [0.3, 0.4) is 0 Å². The third-order valence-corrected chi connectivity index (χ3v) is 9.64. The van der Waals surface area contributed by atoms with Gasteiger partial charge in [-0.3, -0.25) is 24.5 Å². The number of amides is 2. The molecule has 5 N–H and O–H groups in total. The summed E-state index contributed by atoms with van der Waals surface area (Å²) in [5.74, 6) is -1.90. The zero-order chi connectivity index (χ0) is 32.0. The number of nitrogens with two attached hydrogens (primary N) is 1. The molecule has 0 saturated carbocycles. The summed E-state index contributed by atoms with van der Waals surface area (Å²) >= 11 is 0. The Kier molecular flexibility index (Phi) is 8.18. The molecule has 1 aromatic heterocycles. The molecule has 1 aliphatic carbocycles. The van der Waals surface area contributed by atoms with E-state index in [4.69, 9.17) is 0 Å². The SMILES string of the molecule is CCC1=C(C)C2=Cc3[nH]c(C=C4[NH2+]C5=CC6=NC(=O)C(CC)=C6CCCC5=C4CCC(=O)O)c(CCC(=O)O)c3CCN2C1=O. The molecule has 4 aliphatic heterocycles. The molecule has 45 heavy (non-hydrogen) atoms. The molecule has 5 heterocycles. The normalized spacial score (nSPS) is 20.5. The number of aromatic amines is 1. The fourth-order valence-corrected chi connectivity index (χ4v) is 7.45. The molecule has 6 rings (SSSR count). The third kappa shape index (κ3) is 5.48. The van der Waals surface area contributed by atoms with Gasteiger partial charge in [0.25, 0.3) is 11.8 Å². The van der Waals surface area contributed by atoms with Crippen LogP contribution in [-0.2, 0) is 32.0 Å². The molecule has 2 amide bonds. The van der Waals surface area contributed by atoms with E-state index in [1.165, 1.54) is 0 Å². The van der Waals surface area contributed by atoms with Crippen molar-refractivity contribution in [1.29, 1.82) is 0 Å². The molecule has 234 valence electrons. The van der Waals surface area contributed by atoms with Crippen molar-refractivity contribution < 1.29 is 34.7 Å². The van der Waals surface area contributed by atoms with E-state index in [0.29, 0.717) is 44.4 Å². The molecule has 0 atom stereocenters. The fourth-order valence-electron chi connectivity index (χ4n) is 7.45. The van der Waals surface area contributed by atoms with Crippen LogP contribution in [-0.4, -0.2) is 56.1 Å². The number of hydrogen-bond donors (Lipinski definition) is 4. The van der Waals surface area contributed by atoms with Gasteiger partial charge in [0.2, 0.25) is 0 Å². The number of aliphatic carboxylic acids is 2. The average molecular weight is 612 g/mol. The Bertz CT molecular complexity index is 1770. The number of nitrogens with zero attached hydrogens (tertiary/aromatic N) is 2. The van der Waals surface area contributed by atoms with Crippen molar-refractivity contribution in [2.24, 2.45) is 4.99 Å². The van der Waals surface area contributed by atoms with E-state index >= 15 is 0 Å². The van der Waals surface area contributed by atoms with E-state index in [9.17, 15) is 29.4 Å². The van der Waals surface area contributed by atoms with Crippen LogP contribution in [0.1, 0.15) is 94.7 Å². The van der Waals surface area contributed by atoms with Gasteiger partial charge in [-0.15, -0.1) is 0 Å². The van der Waals surface area contributed by atoms with Gasteiger partial charge in [0.05, 0.1) is 5.71 Å². The molecule has 0 bridgehead atoms. The summed E-state index contributed by atoms with van der Waals surface area (Å²) < 4.78 is 0. The lowest BCUT2D eigenvalue weighted by atomic mass is 9.90. The quantitative estimate of drug-likeness (QED) is 0.326. The Morgan fingerprint density at radius 2 is 1.69 bits per heavy atom. The molecule has 0 fully saturated rings. The molecular formula is C35H39N4O6+. The average Bonchev–Trinajstić information content (AvgIpc) is 3.59. The van der Waals surface area contributed by atoms with Crippen molar-refractivity contribution in [3.63, 3.8) is 0 Å². The van der Waals surface area contributed by atoms with E-state index in [2.05, 4.69) is 15.3 Å². The van der Waals surface area contributed by atoms with Gasteiger partial charge < -0.3 is 20.1 Å². The summed E-state index contributed by atoms with van der Waals surface area (Å²) in [7, 11) is 0. The molecule has 1 aromatic rings. The Labute approximate surface area is 261 Å². The zero-order valence-electron chi connectivity index (χ0n) is 26.0. The predicted octanol–water partition coefficient (Wildman–Crippen LogP) is 4.33. The molecule has 0 radical (unpaired) electrons. The summed E-state index contributed by atoms with van der Waals surface area (Å²) in [5.41, 5.74) is 12.6. The van der Waals surface area contributed by atoms with Crippen LogP contribution in [0.15, 0.2) is 61.6 Å².